The van der Waals surface area contributed by atoms with E-state index in [9.17, 15) is 16.8 Å². The SMILES string of the molecule is NS(=O)(=O)c1cccc(CNS(=O)(=O)Cc2ccc(Cl)c(Cl)c2)c1. The van der Waals surface area contributed by atoms with Crippen molar-refractivity contribution in [3.63, 3.8) is 0 Å². The summed E-state index contributed by atoms with van der Waals surface area (Å²) in [6, 6.07) is 10.3. The van der Waals surface area contributed by atoms with Crippen molar-refractivity contribution in [2.24, 2.45) is 5.14 Å². The van der Waals surface area contributed by atoms with E-state index in [2.05, 4.69) is 4.72 Å². The Hall–Kier alpha value is -1.16. The summed E-state index contributed by atoms with van der Waals surface area (Å²) in [6.45, 7) is -0.0625. The second-order valence-corrected chi connectivity index (χ2v) is 9.20. The molecule has 2 rings (SSSR count). The minimum Gasteiger partial charge on any atom is -0.225 e. The summed E-state index contributed by atoms with van der Waals surface area (Å²) in [5.74, 6) is -0.279. The monoisotopic (exact) mass is 408 g/mol. The summed E-state index contributed by atoms with van der Waals surface area (Å²) in [4.78, 5) is -0.0799. The van der Waals surface area contributed by atoms with Gasteiger partial charge in [-0.05, 0) is 35.4 Å². The van der Waals surface area contributed by atoms with E-state index in [1.807, 2.05) is 0 Å². The van der Waals surface area contributed by atoms with Gasteiger partial charge in [0.2, 0.25) is 20.0 Å². The van der Waals surface area contributed by atoms with E-state index in [1.54, 1.807) is 12.1 Å². The van der Waals surface area contributed by atoms with Crippen LogP contribution in [0.15, 0.2) is 47.4 Å². The van der Waals surface area contributed by atoms with Crippen molar-refractivity contribution < 1.29 is 16.8 Å². The zero-order valence-corrected chi connectivity index (χ0v) is 15.4. The highest BCUT2D eigenvalue weighted by Gasteiger charge is 2.14. The minimum absolute atomic E-state index is 0.0625. The third-order valence-electron chi connectivity index (χ3n) is 3.06. The van der Waals surface area contributed by atoms with Gasteiger partial charge in [0.1, 0.15) is 0 Å². The number of halogens is 2. The largest absolute Gasteiger partial charge is 0.238 e. The summed E-state index contributed by atoms with van der Waals surface area (Å²) < 4.78 is 49.2. The van der Waals surface area contributed by atoms with E-state index in [-0.39, 0.29) is 22.2 Å². The Morgan fingerprint density at radius 1 is 0.917 bits per heavy atom. The molecule has 0 fully saturated rings. The Morgan fingerprint density at radius 3 is 2.25 bits per heavy atom. The van der Waals surface area contributed by atoms with Gasteiger partial charge < -0.3 is 0 Å². The predicted molar refractivity (Wildman–Crippen MR) is 93.7 cm³/mol. The molecule has 0 aliphatic rings. The zero-order valence-electron chi connectivity index (χ0n) is 12.2. The molecule has 0 bridgehead atoms. The topological polar surface area (TPSA) is 106 Å². The average molecular weight is 409 g/mol. The Balaban J connectivity index is 2.09. The van der Waals surface area contributed by atoms with E-state index in [0.717, 1.165) is 0 Å². The highest BCUT2D eigenvalue weighted by Crippen LogP contribution is 2.23. The van der Waals surface area contributed by atoms with E-state index >= 15 is 0 Å². The number of primary sulfonamides is 1. The van der Waals surface area contributed by atoms with Crippen LogP contribution in [-0.4, -0.2) is 16.8 Å². The fourth-order valence-corrected chi connectivity index (χ4v) is 3.94. The lowest BCUT2D eigenvalue weighted by Gasteiger charge is -2.08. The number of hydrogen-bond donors (Lipinski definition) is 2. The van der Waals surface area contributed by atoms with Gasteiger partial charge in [0.25, 0.3) is 0 Å². The first kappa shape index (κ1) is 19.2. The van der Waals surface area contributed by atoms with Gasteiger partial charge in [-0.2, -0.15) is 0 Å². The fourth-order valence-electron chi connectivity index (χ4n) is 1.93. The smallest absolute Gasteiger partial charge is 0.225 e. The second-order valence-electron chi connectivity index (χ2n) is 5.02. The molecule has 0 aliphatic carbocycles. The van der Waals surface area contributed by atoms with Crippen LogP contribution < -0.4 is 9.86 Å². The molecule has 0 amide bonds. The molecule has 2 aromatic carbocycles. The van der Waals surface area contributed by atoms with Crippen LogP contribution in [0, 0.1) is 0 Å². The summed E-state index contributed by atoms with van der Waals surface area (Å²) in [7, 11) is -7.48. The molecular weight excluding hydrogens is 395 g/mol. The maximum Gasteiger partial charge on any atom is 0.238 e. The van der Waals surface area contributed by atoms with Crippen LogP contribution in [0.25, 0.3) is 0 Å². The summed E-state index contributed by atoms with van der Waals surface area (Å²) in [6.07, 6.45) is 0. The lowest BCUT2D eigenvalue weighted by Crippen LogP contribution is -2.25. The van der Waals surface area contributed by atoms with Crippen molar-refractivity contribution >= 4 is 43.2 Å². The molecule has 24 heavy (non-hydrogen) atoms. The number of nitrogens with one attached hydrogen (secondary N) is 1. The standard InChI is InChI=1S/C14H14Cl2N2O4S2/c15-13-5-4-11(7-14(13)16)9-23(19,20)18-8-10-2-1-3-12(6-10)24(17,21)22/h1-7,18H,8-9H2,(H2,17,21,22). The second kappa shape index (κ2) is 7.38. The van der Waals surface area contributed by atoms with E-state index in [1.165, 1.54) is 30.3 Å². The van der Waals surface area contributed by atoms with Gasteiger partial charge in [-0.3, -0.25) is 0 Å². The Labute approximate surface area is 150 Å². The highest BCUT2D eigenvalue weighted by molar-refractivity contribution is 7.89. The number of sulfonamides is 2. The van der Waals surface area contributed by atoms with E-state index in [0.29, 0.717) is 16.1 Å². The Kier molecular flexibility index (Phi) is 5.90. The maximum atomic E-state index is 12.1. The number of hydrogen-bond acceptors (Lipinski definition) is 4. The molecule has 130 valence electrons. The van der Waals surface area contributed by atoms with Crippen LogP contribution in [0.2, 0.25) is 10.0 Å². The number of benzene rings is 2. The number of rotatable bonds is 6. The van der Waals surface area contributed by atoms with Gasteiger partial charge >= 0.3 is 0 Å². The van der Waals surface area contributed by atoms with Crippen LogP contribution in [0.1, 0.15) is 11.1 Å². The highest BCUT2D eigenvalue weighted by atomic mass is 35.5. The summed E-state index contributed by atoms with van der Waals surface area (Å²) in [5, 5.41) is 5.65. The molecule has 2 aromatic rings. The van der Waals surface area contributed by atoms with Crippen molar-refractivity contribution in [2.45, 2.75) is 17.2 Å². The zero-order chi connectivity index (χ0) is 18.0. The molecule has 0 aliphatic heterocycles. The Morgan fingerprint density at radius 2 is 1.62 bits per heavy atom. The van der Waals surface area contributed by atoms with Crippen LogP contribution >= 0.6 is 23.2 Å². The van der Waals surface area contributed by atoms with Gasteiger partial charge in [0, 0.05) is 6.54 Å². The van der Waals surface area contributed by atoms with E-state index in [4.69, 9.17) is 28.3 Å². The van der Waals surface area contributed by atoms with Gasteiger partial charge in [0.05, 0.1) is 20.7 Å². The van der Waals surface area contributed by atoms with Crippen molar-refractivity contribution in [1.29, 1.82) is 0 Å². The van der Waals surface area contributed by atoms with Crippen LogP contribution in [0.5, 0.6) is 0 Å². The third kappa shape index (κ3) is 5.44. The molecule has 3 N–H and O–H groups in total. The predicted octanol–water partition coefficient (Wildman–Crippen LogP) is 2.26. The maximum absolute atomic E-state index is 12.1. The summed E-state index contributed by atoms with van der Waals surface area (Å²) >= 11 is 11.6. The molecule has 0 aromatic heterocycles. The first-order valence-corrected chi connectivity index (χ1v) is 10.6. The lowest BCUT2D eigenvalue weighted by molar-refractivity contribution is 0.580. The van der Waals surface area contributed by atoms with E-state index < -0.39 is 20.0 Å². The third-order valence-corrected chi connectivity index (χ3v) is 6.01. The van der Waals surface area contributed by atoms with Crippen LogP contribution in [-0.2, 0) is 32.3 Å². The molecule has 0 atom stereocenters. The van der Waals surface area contributed by atoms with Crippen molar-refractivity contribution in [2.75, 3.05) is 0 Å². The normalized spacial score (nSPS) is 12.3. The van der Waals surface area contributed by atoms with Gasteiger partial charge in [-0.15, -0.1) is 0 Å². The summed E-state index contributed by atoms with van der Waals surface area (Å²) in [5.41, 5.74) is 0.953. The van der Waals surface area contributed by atoms with Gasteiger partial charge in [-0.1, -0.05) is 41.4 Å². The first-order valence-electron chi connectivity index (χ1n) is 6.60. The van der Waals surface area contributed by atoms with Crippen molar-refractivity contribution in [3.05, 3.63) is 63.6 Å². The average Bonchev–Trinajstić information content (AvgIpc) is 2.48. The Bertz CT molecular complexity index is 960. The minimum atomic E-state index is -3.84. The van der Waals surface area contributed by atoms with Crippen LogP contribution in [0.3, 0.4) is 0 Å². The molecule has 0 unspecified atom stereocenters. The first-order chi connectivity index (χ1) is 11.1. The van der Waals surface area contributed by atoms with Gasteiger partial charge in [-0.25, -0.2) is 26.7 Å². The lowest BCUT2D eigenvalue weighted by atomic mass is 10.2. The molecule has 0 radical (unpaired) electrons. The molecule has 0 spiro atoms. The van der Waals surface area contributed by atoms with Crippen molar-refractivity contribution in [3.8, 4) is 0 Å². The van der Waals surface area contributed by atoms with Gasteiger partial charge in [0.15, 0.2) is 0 Å². The fraction of sp³-hybridized carbons (Fsp3) is 0.143. The molecular formula is C14H14Cl2N2O4S2. The molecule has 0 saturated heterocycles. The molecule has 10 heteroatoms. The quantitative estimate of drug-likeness (QED) is 0.763. The molecule has 0 heterocycles. The van der Waals surface area contributed by atoms with Crippen LogP contribution in [0.4, 0.5) is 0 Å². The molecule has 0 saturated carbocycles. The number of nitrogens with two attached hydrogens (primary N) is 1. The molecule has 6 nitrogen and oxygen atoms in total. The van der Waals surface area contributed by atoms with Crippen molar-refractivity contribution in [1.82, 2.24) is 4.72 Å².